The minimum Gasteiger partial charge on any atom is -0.506 e. The van der Waals surface area contributed by atoms with Gasteiger partial charge in [0.05, 0.1) is 18.7 Å². The van der Waals surface area contributed by atoms with Gasteiger partial charge in [-0.3, -0.25) is 0 Å². The van der Waals surface area contributed by atoms with Crippen LogP contribution in [0.15, 0.2) is 16.6 Å². The van der Waals surface area contributed by atoms with Crippen LogP contribution >= 0.6 is 27.5 Å². The van der Waals surface area contributed by atoms with E-state index in [1.807, 2.05) is 0 Å². The van der Waals surface area contributed by atoms with E-state index in [-0.39, 0.29) is 16.8 Å². The van der Waals surface area contributed by atoms with E-state index in [2.05, 4.69) is 20.8 Å². The van der Waals surface area contributed by atoms with Crippen molar-refractivity contribution in [2.24, 2.45) is 5.73 Å². The van der Waals surface area contributed by atoms with Crippen LogP contribution in [-0.2, 0) is 9.78 Å². The standard InChI is InChI=1S/C10H13BrClNO3/c1-15-16-3-2-9(13)7-4-6(11)5-8(12)10(7)14/h4-5,9,14H,2-3,13H2,1H3/t9-/m0/s1. The Morgan fingerprint density at radius 3 is 2.88 bits per heavy atom. The number of hydrogen-bond donors (Lipinski definition) is 2. The van der Waals surface area contributed by atoms with Gasteiger partial charge in [-0.1, -0.05) is 27.5 Å². The molecule has 90 valence electrons. The van der Waals surface area contributed by atoms with Gasteiger partial charge in [0.2, 0.25) is 0 Å². The van der Waals surface area contributed by atoms with Crippen molar-refractivity contribution in [2.45, 2.75) is 12.5 Å². The van der Waals surface area contributed by atoms with Gasteiger partial charge in [0.25, 0.3) is 0 Å². The maximum atomic E-state index is 9.74. The van der Waals surface area contributed by atoms with E-state index >= 15 is 0 Å². The quantitative estimate of drug-likeness (QED) is 0.499. The summed E-state index contributed by atoms with van der Waals surface area (Å²) < 4.78 is 0.772. The summed E-state index contributed by atoms with van der Waals surface area (Å²) in [7, 11) is 1.43. The number of nitrogens with two attached hydrogens (primary N) is 1. The van der Waals surface area contributed by atoms with E-state index in [0.29, 0.717) is 18.6 Å². The van der Waals surface area contributed by atoms with Crippen molar-refractivity contribution in [3.63, 3.8) is 0 Å². The van der Waals surface area contributed by atoms with E-state index in [4.69, 9.17) is 22.2 Å². The fraction of sp³-hybridized carbons (Fsp3) is 0.400. The third kappa shape index (κ3) is 3.61. The number of phenolic OH excluding ortho intramolecular Hbond substituents is 1. The zero-order valence-corrected chi connectivity index (χ0v) is 11.1. The highest BCUT2D eigenvalue weighted by Crippen LogP contribution is 2.35. The van der Waals surface area contributed by atoms with Crippen molar-refractivity contribution < 1.29 is 14.9 Å². The van der Waals surface area contributed by atoms with E-state index in [1.165, 1.54) is 7.11 Å². The van der Waals surface area contributed by atoms with Gasteiger partial charge < -0.3 is 10.8 Å². The zero-order valence-electron chi connectivity index (χ0n) is 8.74. The summed E-state index contributed by atoms with van der Waals surface area (Å²) in [6.07, 6.45) is 0.522. The average molecular weight is 311 g/mol. The summed E-state index contributed by atoms with van der Waals surface area (Å²) in [5, 5.41) is 10.0. The largest absolute Gasteiger partial charge is 0.506 e. The molecule has 16 heavy (non-hydrogen) atoms. The van der Waals surface area contributed by atoms with Crippen LogP contribution in [0.5, 0.6) is 5.75 Å². The Bertz CT molecular complexity index is 362. The molecule has 4 nitrogen and oxygen atoms in total. The maximum absolute atomic E-state index is 9.74. The summed E-state index contributed by atoms with van der Waals surface area (Å²) in [4.78, 5) is 9.17. The fourth-order valence-corrected chi connectivity index (χ4v) is 2.12. The van der Waals surface area contributed by atoms with Crippen LogP contribution in [0.4, 0.5) is 0 Å². The van der Waals surface area contributed by atoms with E-state index in [9.17, 15) is 5.11 Å². The molecular weight excluding hydrogens is 297 g/mol. The van der Waals surface area contributed by atoms with E-state index in [1.54, 1.807) is 12.1 Å². The van der Waals surface area contributed by atoms with Crippen molar-refractivity contribution in [2.75, 3.05) is 13.7 Å². The highest BCUT2D eigenvalue weighted by Gasteiger charge is 2.14. The average Bonchev–Trinajstić information content (AvgIpc) is 2.23. The molecule has 1 aromatic carbocycles. The Morgan fingerprint density at radius 1 is 1.56 bits per heavy atom. The molecule has 0 heterocycles. The third-order valence-corrected chi connectivity index (χ3v) is 2.83. The van der Waals surface area contributed by atoms with Gasteiger partial charge in [-0.2, -0.15) is 0 Å². The van der Waals surface area contributed by atoms with Crippen LogP contribution < -0.4 is 5.73 Å². The van der Waals surface area contributed by atoms with Crippen LogP contribution in [-0.4, -0.2) is 18.8 Å². The minimum absolute atomic E-state index is 0.00906. The molecule has 0 fully saturated rings. The lowest BCUT2D eigenvalue weighted by Gasteiger charge is -2.14. The molecule has 0 aromatic heterocycles. The lowest BCUT2D eigenvalue weighted by Crippen LogP contribution is -2.13. The van der Waals surface area contributed by atoms with Crippen LogP contribution in [0.1, 0.15) is 18.0 Å². The predicted molar refractivity (Wildman–Crippen MR) is 65.3 cm³/mol. The van der Waals surface area contributed by atoms with Crippen molar-refractivity contribution in [3.8, 4) is 5.75 Å². The van der Waals surface area contributed by atoms with Crippen molar-refractivity contribution in [3.05, 3.63) is 27.2 Å². The minimum atomic E-state index is -0.356. The number of rotatable bonds is 5. The van der Waals surface area contributed by atoms with E-state index in [0.717, 1.165) is 4.47 Å². The second-order valence-electron chi connectivity index (χ2n) is 3.21. The second-order valence-corrected chi connectivity index (χ2v) is 4.53. The molecular formula is C10H13BrClNO3. The molecule has 1 rings (SSSR count). The van der Waals surface area contributed by atoms with Gasteiger partial charge >= 0.3 is 0 Å². The van der Waals surface area contributed by atoms with Crippen LogP contribution in [0, 0.1) is 0 Å². The highest BCUT2D eigenvalue weighted by molar-refractivity contribution is 9.10. The number of hydrogen-bond acceptors (Lipinski definition) is 4. The van der Waals surface area contributed by atoms with Gasteiger partial charge in [0, 0.05) is 16.1 Å². The van der Waals surface area contributed by atoms with Crippen molar-refractivity contribution >= 4 is 27.5 Å². The first-order chi connectivity index (χ1) is 7.56. The first kappa shape index (κ1) is 13.7. The molecule has 3 N–H and O–H groups in total. The molecule has 1 atom stereocenters. The fourth-order valence-electron chi connectivity index (χ4n) is 1.28. The van der Waals surface area contributed by atoms with Crippen molar-refractivity contribution in [1.29, 1.82) is 0 Å². The van der Waals surface area contributed by atoms with Crippen LogP contribution in [0.3, 0.4) is 0 Å². The number of halogens is 2. The lowest BCUT2D eigenvalue weighted by atomic mass is 10.0. The number of aromatic hydroxyl groups is 1. The molecule has 0 spiro atoms. The Morgan fingerprint density at radius 2 is 2.25 bits per heavy atom. The predicted octanol–water partition coefficient (Wildman–Crippen LogP) is 2.78. The number of phenols is 1. The molecule has 0 bridgehead atoms. The highest BCUT2D eigenvalue weighted by atomic mass is 79.9. The Labute approximate surface area is 107 Å². The SMILES string of the molecule is COOCC[C@H](N)c1cc(Br)cc(Cl)c1O. The summed E-state index contributed by atoms with van der Waals surface area (Å²) in [5.41, 5.74) is 6.48. The monoisotopic (exact) mass is 309 g/mol. The molecule has 0 radical (unpaired) electrons. The topological polar surface area (TPSA) is 64.7 Å². The maximum Gasteiger partial charge on any atom is 0.139 e. The Balaban J connectivity index is 2.78. The third-order valence-electron chi connectivity index (χ3n) is 2.09. The molecule has 0 unspecified atom stereocenters. The van der Waals surface area contributed by atoms with Gasteiger partial charge in [-0.15, -0.1) is 0 Å². The van der Waals surface area contributed by atoms with E-state index < -0.39 is 0 Å². The number of benzene rings is 1. The summed E-state index contributed by atoms with van der Waals surface area (Å²) in [6.45, 7) is 0.348. The molecule has 0 aliphatic rings. The van der Waals surface area contributed by atoms with Gasteiger partial charge in [-0.25, -0.2) is 9.78 Å². The summed E-state index contributed by atoms with van der Waals surface area (Å²) >= 11 is 9.12. The Hall–Kier alpha value is -0.330. The van der Waals surface area contributed by atoms with Gasteiger partial charge in [0.15, 0.2) is 0 Å². The van der Waals surface area contributed by atoms with Gasteiger partial charge in [0.1, 0.15) is 5.75 Å². The smallest absolute Gasteiger partial charge is 0.139 e. The first-order valence-corrected chi connectivity index (χ1v) is 5.82. The molecule has 0 amide bonds. The Kier molecular flexibility index (Phi) is 5.51. The molecule has 0 aliphatic carbocycles. The van der Waals surface area contributed by atoms with Crippen molar-refractivity contribution in [1.82, 2.24) is 0 Å². The molecule has 1 aromatic rings. The molecule has 0 saturated heterocycles. The normalized spacial score (nSPS) is 12.8. The second kappa shape index (κ2) is 6.42. The lowest BCUT2D eigenvalue weighted by molar-refractivity contribution is -0.273. The molecule has 0 aliphatic heterocycles. The van der Waals surface area contributed by atoms with Crippen LogP contribution in [0.25, 0.3) is 0 Å². The summed E-state index contributed by atoms with van der Waals surface area (Å²) in [5.74, 6) is 0.00906. The molecule has 6 heteroatoms. The first-order valence-electron chi connectivity index (χ1n) is 4.65. The zero-order chi connectivity index (χ0) is 12.1. The summed E-state index contributed by atoms with van der Waals surface area (Å²) in [6, 6.07) is 2.99. The van der Waals surface area contributed by atoms with Gasteiger partial charge in [-0.05, 0) is 18.6 Å². The molecule has 0 saturated carbocycles. The van der Waals surface area contributed by atoms with Crippen LogP contribution in [0.2, 0.25) is 5.02 Å².